The Balaban J connectivity index is 2.60. The lowest BCUT2D eigenvalue weighted by molar-refractivity contribution is 0.713. The van der Waals surface area contributed by atoms with Gasteiger partial charge in [0.05, 0.1) is 11.6 Å². The van der Waals surface area contributed by atoms with Crippen molar-refractivity contribution in [1.82, 2.24) is 0 Å². The summed E-state index contributed by atoms with van der Waals surface area (Å²) in [5.74, 6) is 0. The van der Waals surface area contributed by atoms with Gasteiger partial charge >= 0.3 is 0 Å². The van der Waals surface area contributed by atoms with Crippen LogP contribution in [0.15, 0.2) is 18.2 Å². The number of rotatable bonds is 0. The Hall–Kier alpha value is -1.33. The summed E-state index contributed by atoms with van der Waals surface area (Å²) < 4.78 is 0. The third-order valence-electron chi connectivity index (χ3n) is 2.44. The van der Waals surface area contributed by atoms with Gasteiger partial charge in [0.25, 0.3) is 0 Å². The fraction of sp³-hybridized carbons (Fsp3) is 0.300. The summed E-state index contributed by atoms with van der Waals surface area (Å²) in [6, 6.07) is 8.12. The van der Waals surface area contributed by atoms with E-state index in [0.717, 1.165) is 29.5 Å². The molecule has 2 N–H and O–H groups in total. The van der Waals surface area contributed by atoms with Gasteiger partial charge < -0.3 is 5.73 Å². The first-order valence-electron chi connectivity index (χ1n) is 4.10. The normalized spacial score (nSPS) is 20.2. The Labute approximate surface area is 71.6 Å². The van der Waals surface area contributed by atoms with Gasteiger partial charge in [0, 0.05) is 6.04 Å². The molecule has 0 aromatic heterocycles. The van der Waals surface area contributed by atoms with Crippen molar-refractivity contribution < 1.29 is 0 Å². The molecule has 0 unspecified atom stereocenters. The van der Waals surface area contributed by atoms with Crippen LogP contribution >= 0.6 is 0 Å². The van der Waals surface area contributed by atoms with E-state index in [1.807, 2.05) is 18.2 Å². The number of hydrogen-bond donors (Lipinski definition) is 1. The molecule has 0 saturated carbocycles. The van der Waals surface area contributed by atoms with Crippen LogP contribution in [0.2, 0.25) is 0 Å². The van der Waals surface area contributed by atoms with E-state index < -0.39 is 0 Å². The van der Waals surface area contributed by atoms with Crippen LogP contribution in [0.4, 0.5) is 0 Å². The van der Waals surface area contributed by atoms with Crippen molar-refractivity contribution in [3.8, 4) is 6.07 Å². The molecule has 0 aliphatic heterocycles. The van der Waals surface area contributed by atoms with E-state index in [9.17, 15) is 0 Å². The predicted molar refractivity (Wildman–Crippen MR) is 46.4 cm³/mol. The highest BCUT2D eigenvalue weighted by Crippen LogP contribution is 2.30. The van der Waals surface area contributed by atoms with Crippen LogP contribution in [0.1, 0.15) is 29.2 Å². The van der Waals surface area contributed by atoms with Crippen molar-refractivity contribution in [2.45, 2.75) is 18.9 Å². The Morgan fingerprint density at radius 1 is 1.50 bits per heavy atom. The Bertz CT molecular complexity index is 349. The second-order valence-electron chi connectivity index (χ2n) is 3.13. The Morgan fingerprint density at radius 2 is 2.33 bits per heavy atom. The molecule has 2 rings (SSSR count). The highest BCUT2D eigenvalue weighted by molar-refractivity contribution is 5.46. The van der Waals surface area contributed by atoms with E-state index in [2.05, 4.69) is 6.07 Å². The van der Waals surface area contributed by atoms with Crippen molar-refractivity contribution in [2.75, 3.05) is 0 Å². The molecular weight excluding hydrogens is 148 g/mol. The van der Waals surface area contributed by atoms with Gasteiger partial charge in [0.15, 0.2) is 0 Å². The molecule has 1 atom stereocenters. The average Bonchev–Trinajstić information content (AvgIpc) is 2.48. The topological polar surface area (TPSA) is 49.8 Å². The second kappa shape index (κ2) is 2.62. The average molecular weight is 158 g/mol. The summed E-state index contributed by atoms with van der Waals surface area (Å²) in [6.45, 7) is 0. The van der Waals surface area contributed by atoms with Gasteiger partial charge in [-0.3, -0.25) is 0 Å². The van der Waals surface area contributed by atoms with E-state index >= 15 is 0 Å². The van der Waals surface area contributed by atoms with Crippen molar-refractivity contribution in [3.63, 3.8) is 0 Å². The second-order valence-corrected chi connectivity index (χ2v) is 3.13. The van der Waals surface area contributed by atoms with Crippen LogP contribution in [-0.2, 0) is 6.42 Å². The first kappa shape index (κ1) is 7.33. The van der Waals surface area contributed by atoms with Crippen LogP contribution in [0.25, 0.3) is 0 Å². The third kappa shape index (κ3) is 0.910. The Kier molecular flexibility index (Phi) is 1.60. The van der Waals surface area contributed by atoms with Crippen molar-refractivity contribution in [1.29, 1.82) is 5.26 Å². The fourth-order valence-corrected chi connectivity index (χ4v) is 1.79. The molecule has 0 saturated heterocycles. The van der Waals surface area contributed by atoms with Gasteiger partial charge in [-0.1, -0.05) is 12.1 Å². The highest BCUT2D eigenvalue weighted by Gasteiger charge is 2.20. The third-order valence-corrected chi connectivity index (χ3v) is 2.44. The van der Waals surface area contributed by atoms with Crippen molar-refractivity contribution in [2.24, 2.45) is 5.73 Å². The molecular formula is C10H10N2. The van der Waals surface area contributed by atoms with Gasteiger partial charge in [0.1, 0.15) is 0 Å². The molecule has 0 amide bonds. The van der Waals surface area contributed by atoms with Crippen LogP contribution < -0.4 is 5.73 Å². The van der Waals surface area contributed by atoms with Crippen LogP contribution in [-0.4, -0.2) is 0 Å². The molecule has 2 nitrogen and oxygen atoms in total. The monoisotopic (exact) mass is 158 g/mol. The maximum atomic E-state index is 8.80. The van der Waals surface area contributed by atoms with E-state index in [1.165, 1.54) is 0 Å². The maximum Gasteiger partial charge on any atom is 0.0994 e. The number of nitrogens with two attached hydrogens (primary N) is 1. The number of fused-ring (bicyclic) bond motifs is 1. The summed E-state index contributed by atoms with van der Waals surface area (Å²) in [6.07, 6.45) is 1.94. The summed E-state index contributed by atoms with van der Waals surface area (Å²) in [7, 11) is 0. The zero-order chi connectivity index (χ0) is 8.55. The lowest BCUT2D eigenvalue weighted by atomic mass is 10.0. The zero-order valence-electron chi connectivity index (χ0n) is 6.75. The number of benzene rings is 1. The van der Waals surface area contributed by atoms with Crippen LogP contribution in [0, 0.1) is 11.3 Å². The molecule has 0 heterocycles. The molecule has 0 spiro atoms. The SMILES string of the molecule is N#Cc1cccc2c1CC[C@@H]2N. The molecule has 0 bridgehead atoms. The number of nitrogens with zero attached hydrogens (tertiary/aromatic N) is 1. The molecule has 1 aliphatic carbocycles. The fourth-order valence-electron chi connectivity index (χ4n) is 1.79. The lowest BCUT2D eigenvalue weighted by Gasteiger charge is -2.03. The van der Waals surface area contributed by atoms with Crippen LogP contribution in [0.3, 0.4) is 0 Å². The Morgan fingerprint density at radius 3 is 3.08 bits per heavy atom. The molecule has 1 aromatic rings. The standard InChI is InChI=1S/C10H10N2/c11-6-7-2-1-3-9-8(7)4-5-10(9)12/h1-3,10H,4-5,12H2/t10-/m0/s1. The highest BCUT2D eigenvalue weighted by atomic mass is 14.6. The van der Waals surface area contributed by atoms with E-state index in [-0.39, 0.29) is 6.04 Å². The minimum atomic E-state index is 0.147. The summed E-state index contributed by atoms with van der Waals surface area (Å²) in [5.41, 5.74) is 8.97. The molecule has 2 heteroatoms. The van der Waals surface area contributed by atoms with E-state index in [4.69, 9.17) is 11.0 Å². The molecule has 60 valence electrons. The van der Waals surface area contributed by atoms with Crippen molar-refractivity contribution in [3.05, 3.63) is 34.9 Å². The first-order chi connectivity index (χ1) is 5.83. The molecule has 1 aliphatic rings. The van der Waals surface area contributed by atoms with Crippen LogP contribution in [0.5, 0.6) is 0 Å². The maximum absolute atomic E-state index is 8.80. The minimum absolute atomic E-state index is 0.147. The van der Waals surface area contributed by atoms with E-state index in [0.29, 0.717) is 0 Å². The molecule has 0 fully saturated rings. The van der Waals surface area contributed by atoms with Gasteiger partial charge in [0.2, 0.25) is 0 Å². The molecule has 12 heavy (non-hydrogen) atoms. The number of hydrogen-bond acceptors (Lipinski definition) is 2. The summed E-state index contributed by atoms with van der Waals surface area (Å²) in [5, 5.41) is 8.80. The van der Waals surface area contributed by atoms with Crippen molar-refractivity contribution >= 4 is 0 Å². The molecule has 1 aromatic carbocycles. The largest absolute Gasteiger partial charge is 0.324 e. The smallest absolute Gasteiger partial charge is 0.0994 e. The van der Waals surface area contributed by atoms with Gasteiger partial charge in [-0.2, -0.15) is 5.26 Å². The van der Waals surface area contributed by atoms with Gasteiger partial charge in [-0.25, -0.2) is 0 Å². The summed E-state index contributed by atoms with van der Waals surface area (Å²) >= 11 is 0. The number of nitriles is 1. The van der Waals surface area contributed by atoms with Gasteiger partial charge in [-0.15, -0.1) is 0 Å². The quantitative estimate of drug-likeness (QED) is 0.622. The van der Waals surface area contributed by atoms with E-state index in [1.54, 1.807) is 0 Å². The minimum Gasteiger partial charge on any atom is -0.324 e. The zero-order valence-corrected chi connectivity index (χ0v) is 6.75. The first-order valence-corrected chi connectivity index (χ1v) is 4.10. The molecule has 0 radical (unpaired) electrons. The lowest BCUT2D eigenvalue weighted by Crippen LogP contribution is -2.04. The van der Waals surface area contributed by atoms with Gasteiger partial charge in [-0.05, 0) is 30.0 Å². The predicted octanol–water partition coefficient (Wildman–Crippen LogP) is 1.50. The summed E-state index contributed by atoms with van der Waals surface area (Å²) in [4.78, 5) is 0.